The van der Waals surface area contributed by atoms with Crippen molar-refractivity contribution in [1.29, 1.82) is 0 Å². The fourth-order valence-electron chi connectivity index (χ4n) is 3.96. The van der Waals surface area contributed by atoms with Gasteiger partial charge in [-0.3, -0.25) is 14.4 Å². The van der Waals surface area contributed by atoms with Gasteiger partial charge in [0.25, 0.3) is 11.8 Å². The van der Waals surface area contributed by atoms with E-state index in [1.165, 1.54) is 36.3 Å². The Labute approximate surface area is 199 Å². The summed E-state index contributed by atoms with van der Waals surface area (Å²) in [6, 6.07) is 12.9. The Balaban J connectivity index is 1.68. The van der Waals surface area contributed by atoms with Gasteiger partial charge >= 0.3 is 5.56 Å². The molecule has 182 valence electrons. The first-order chi connectivity index (χ1) is 16.8. The number of rotatable bonds is 6. The second kappa shape index (κ2) is 9.94. The topological polar surface area (TPSA) is 134 Å². The number of aliphatic hydroxyl groups is 1. The van der Waals surface area contributed by atoms with Crippen molar-refractivity contribution in [3.8, 4) is 5.75 Å². The molecule has 0 bridgehead atoms. The summed E-state index contributed by atoms with van der Waals surface area (Å²) in [5, 5.41) is 23.2. The van der Waals surface area contributed by atoms with Crippen LogP contribution in [0.5, 0.6) is 5.75 Å². The van der Waals surface area contributed by atoms with Gasteiger partial charge in [0.2, 0.25) is 5.75 Å². The van der Waals surface area contributed by atoms with Crippen molar-refractivity contribution in [3.63, 3.8) is 0 Å². The maximum Gasteiger partial charge on any atom is 0.329 e. The van der Waals surface area contributed by atoms with Gasteiger partial charge in [0.05, 0.1) is 12.1 Å². The summed E-state index contributed by atoms with van der Waals surface area (Å²) in [7, 11) is 1.18. The minimum atomic E-state index is -1.04. The van der Waals surface area contributed by atoms with Crippen molar-refractivity contribution >= 4 is 11.8 Å². The number of hydrogen-bond donors (Lipinski definition) is 3. The Morgan fingerprint density at radius 2 is 1.86 bits per heavy atom. The first-order valence-electron chi connectivity index (χ1n) is 10.8. The molecule has 1 aliphatic rings. The number of aliphatic hydroxyl groups excluding tert-OH is 1. The number of hydrogen-bond acceptors (Lipinski definition) is 7. The predicted octanol–water partition coefficient (Wildman–Crippen LogP) is 1.02. The fraction of sp³-hybridized carbons (Fsp3) is 0.250. The van der Waals surface area contributed by atoms with Gasteiger partial charge in [0.15, 0.2) is 11.5 Å². The van der Waals surface area contributed by atoms with Gasteiger partial charge in [0.1, 0.15) is 12.9 Å². The average molecular weight is 482 g/mol. The molecule has 10 nitrogen and oxygen atoms in total. The van der Waals surface area contributed by atoms with E-state index in [0.717, 1.165) is 0 Å². The highest BCUT2D eigenvalue weighted by Crippen LogP contribution is 2.32. The molecule has 0 spiro atoms. The number of benzene rings is 2. The molecule has 0 unspecified atom stereocenters. The second-order valence-electron chi connectivity index (χ2n) is 7.99. The number of likely N-dealkylation sites (tertiary alicyclic amines) is 1. The van der Waals surface area contributed by atoms with E-state index < -0.39 is 46.8 Å². The van der Waals surface area contributed by atoms with Crippen molar-refractivity contribution in [2.75, 3.05) is 13.7 Å². The van der Waals surface area contributed by atoms with Crippen LogP contribution in [0.1, 0.15) is 44.7 Å². The molecule has 35 heavy (non-hydrogen) atoms. The predicted molar refractivity (Wildman–Crippen MR) is 121 cm³/mol. The second-order valence-corrected chi connectivity index (χ2v) is 7.99. The zero-order valence-electron chi connectivity index (χ0n) is 18.7. The first-order valence-corrected chi connectivity index (χ1v) is 10.8. The van der Waals surface area contributed by atoms with Crippen molar-refractivity contribution in [2.24, 2.45) is 0 Å². The minimum absolute atomic E-state index is 0.0102. The van der Waals surface area contributed by atoms with Gasteiger partial charge in [0, 0.05) is 25.1 Å². The van der Waals surface area contributed by atoms with E-state index in [2.05, 4.69) is 10.3 Å². The molecule has 2 amide bonds. The molecule has 3 aromatic rings. The molecule has 0 saturated carbocycles. The van der Waals surface area contributed by atoms with E-state index in [1.54, 1.807) is 30.3 Å². The quantitative estimate of drug-likeness (QED) is 0.478. The summed E-state index contributed by atoms with van der Waals surface area (Å²) in [4.78, 5) is 49.4. The van der Waals surface area contributed by atoms with Crippen molar-refractivity contribution in [2.45, 2.75) is 25.1 Å². The smallest absolute Gasteiger partial charge is 0.329 e. The number of carbonyl (C=O) groups is 2. The van der Waals surface area contributed by atoms with Crippen LogP contribution in [0.15, 0.2) is 59.4 Å². The third-order valence-electron chi connectivity index (χ3n) is 5.67. The number of aromatic nitrogens is 2. The van der Waals surface area contributed by atoms with Gasteiger partial charge in [-0.05, 0) is 29.8 Å². The van der Waals surface area contributed by atoms with E-state index >= 15 is 0 Å². The van der Waals surface area contributed by atoms with Gasteiger partial charge < -0.3 is 25.3 Å². The molecule has 1 fully saturated rings. The highest BCUT2D eigenvalue weighted by molar-refractivity contribution is 5.95. The van der Waals surface area contributed by atoms with Crippen LogP contribution in [-0.4, -0.2) is 56.4 Å². The Morgan fingerprint density at radius 1 is 1.17 bits per heavy atom. The van der Waals surface area contributed by atoms with Gasteiger partial charge in [-0.25, -0.2) is 9.37 Å². The first kappa shape index (κ1) is 23.9. The van der Waals surface area contributed by atoms with Crippen LogP contribution >= 0.6 is 0 Å². The lowest BCUT2D eigenvalue weighted by Crippen LogP contribution is -2.39. The van der Waals surface area contributed by atoms with Crippen LogP contribution in [0, 0.1) is 5.82 Å². The van der Waals surface area contributed by atoms with Crippen LogP contribution in [0.2, 0.25) is 0 Å². The Morgan fingerprint density at radius 3 is 2.51 bits per heavy atom. The maximum atomic E-state index is 13.1. The Bertz CT molecular complexity index is 1300. The largest absolute Gasteiger partial charge is 0.501 e. The fourth-order valence-corrected chi connectivity index (χ4v) is 3.96. The molecular formula is C24H23FN4O6. The molecule has 1 aromatic heterocycles. The van der Waals surface area contributed by atoms with Crippen LogP contribution in [0.4, 0.5) is 4.39 Å². The molecule has 11 heteroatoms. The van der Waals surface area contributed by atoms with E-state index in [4.69, 9.17) is 4.84 Å². The van der Waals surface area contributed by atoms with E-state index in [0.29, 0.717) is 15.9 Å². The molecule has 1 aliphatic heterocycles. The van der Waals surface area contributed by atoms with Crippen LogP contribution < -0.4 is 15.7 Å². The molecule has 2 aromatic carbocycles. The number of amides is 2. The number of carbonyl (C=O) groups excluding carboxylic acids is 2. The molecule has 2 heterocycles. The number of aromatic hydroxyl groups is 1. The van der Waals surface area contributed by atoms with Crippen LogP contribution in [0.3, 0.4) is 0 Å². The lowest BCUT2D eigenvalue weighted by molar-refractivity contribution is 0.0674. The van der Waals surface area contributed by atoms with Crippen molar-refractivity contribution in [3.05, 3.63) is 93.4 Å². The van der Waals surface area contributed by atoms with E-state index in [1.807, 2.05) is 0 Å². The lowest BCUT2D eigenvalue weighted by atomic mass is 10.1. The zero-order chi connectivity index (χ0) is 25.1. The highest BCUT2D eigenvalue weighted by Gasteiger charge is 2.40. The molecule has 3 N–H and O–H groups in total. The molecule has 2 atom stereocenters. The summed E-state index contributed by atoms with van der Waals surface area (Å²) in [6.45, 7) is -0.0331. The number of nitrogens with zero attached hydrogens (tertiary/aromatic N) is 3. The number of halogens is 1. The highest BCUT2D eigenvalue weighted by atomic mass is 19.1. The third-order valence-corrected chi connectivity index (χ3v) is 5.67. The van der Waals surface area contributed by atoms with Crippen molar-refractivity contribution in [1.82, 2.24) is 19.9 Å². The van der Waals surface area contributed by atoms with E-state index in [9.17, 15) is 29.0 Å². The standard InChI is InChI=1S/C24H23FN4O6/c1-35-29-21(18-11-17(30)13-28(18)23(33)15-5-3-2-4-6-15)27-19(20(31)24(29)34)22(32)26-12-14-7-9-16(25)10-8-14/h2-10,17-18,30-31H,11-13H2,1H3,(H,26,32)/t17-,18+/m1/s1. The lowest BCUT2D eigenvalue weighted by Gasteiger charge is -2.26. The summed E-state index contributed by atoms with van der Waals surface area (Å²) in [5.41, 5.74) is -0.649. The molecule has 1 saturated heterocycles. The molecule has 4 rings (SSSR count). The van der Waals surface area contributed by atoms with Gasteiger partial charge in [-0.15, -0.1) is 4.73 Å². The maximum absolute atomic E-state index is 13.1. The Hall–Kier alpha value is -4.25. The van der Waals surface area contributed by atoms with Crippen LogP contribution in [0.25, 0.3) is 0 Å². The monoisotopic (exact) mass is 482 g/mol. The van der Waals surface area contributed by atoms with Gasteiger partial charge in [-0.1, -0.05) is 30.3 Å². The summed E-state index contributed by atoms with van der Waals surface area (Å²) >= 11 is 0. The Kier molecular flexibility index (Phi) is 6.78. The van der Waals surface area contributed by atoms with E-state index in [-0.39, 0.29) is 25.3 Å². The van der Waals surface area contributed by atoms with Crippen molar-refractivity contribution < 1.29 is 29.0 Å². The number of β-amino-alcohol motifs (C(OH)–C–C–N with tert-alkyl or cyclic N) is 1. The minimum Gasteiger partial charge on any atom is -0.501 e. The molecule has 0 aliphatic carbocycles. The summed E-state index contributed by atoms with van der Waals surface area (Å²) in [5.74, 6) is -2.75. The number of nitrogens with one attached hydrogen (secondary N) is 1. The summed E-state index contributed by atoms with van der Waals surface area (Å²) in [6.07, 6.45) is -0.866. The third kappa shape index (κ3) is 4.85. The van der Waals surface area contributed by atoms with Gasteiger partial charge in [-0.2, -0.15) is 0 Å². The molecular weight excluding hydrogens is 459 g/mol. The summed E-state index contributed by atoms with van der Waals surface area (Å²) < 4.78 is 13.8. The SMILES string of the molecule is COn1c([C@@H]2C[C@@H](O)CN2C(=O)c2ccccc2)nc(C(=O)NCc2ccc(F)cc2)c(O)c1=O. The molecule has 0 radical (unpaired) electrons. The van der Waals surface area contributed by atoms with Crippen LogP contribution in [-0.2, 0) is 6.54 Å². The normalized spacial score (nSPS) is 17.3. The average Bonchev–Trinajstić information content (AvgIpc) is 3.26. The zero-order valence-corrected chi connectivity index (χ0v) is 18.7.